The van der Waals surface area contributed by atoms with Gasteiger partial charge in [0.25, 0.3) is 0 Å². The highest BCUT2D eigenvalue weighted by Gasteiger charge is 2.19. The molecule has 0 aromatic carbocycles. The highest BCUT2D eigenvalue weighted by molar-refractivity contribution is 7.17. The van der Waals surface area contributed by atoms with Gasteiger partial charge >= 0.3 is 0 Å². The standard InChI is InChI=1S/C14H18ClNS2/c1-5-16-13(11-6-8(2)10(4)17-11)12-7-9(3)14(15)18-12/h6-7,13,16H,5H2,1-4H3. The van der Waals surface area contributed by atoms with Gasteiger partial charge in [0.05, 0.1) is 10.4 Å². The van der Waals surface area contributed by atoms with Crippen molar-refractivity contribution in [2.24, 2.45) is 0 Å². The summed E-state index contributed by atoms with van der Waals surface area (Å²) >= 11 is 9.75. The molecule has 2 heterocycles. The molecule has 1 unspecified atom stereocenters. The second-order valence-electron chi connectivity index (χ2n) is 4.48. The summed E-state index contributed by atoms with van der Waals surface area (Å²) in [7, 11) is 0. The smallest absolute Gasteiger partial charge is 0.0961 e. The van der Waals surface area contributed by atoms with Gasteiger partial charge in [-0.3, -0.25) is 0 Å². The number of nitrogens with one attached hydrogen (secondary N) is 1. The van der Waals surface area contributed by atoms with E-state index in [0.29, 0.717) is 0 Å². The Kier molecular flexibility index (Phi) is 4.49. The van der Waals surface area contributed by atoms with Gasteiger partial charge in [0.2, 0.25) is 0 Å². The topological polar surface area (TPSA) is 12.0 Å². The molecule has 0 saturated carbocycles. The van der Waals surface area contributed by atoms with E-state index in [1.807, 2.05) is 11.3 Å². The Hall–Kier alpha value is -0.350. The van der Waals surface area contributed by atoms with E-state index < -0.39 is 0 Å². The summed E-state index contributed by atoms with van der Waals surface area (Å²) in [6.07, 6.45) is 0. The summed E-state index contributed by atoms with van der Waals surface area (Å²) < 4.78 is 0.901. The molecule has 0 aliphatic heterocycles. The first kappa shape index (κ1) is 14.1. The number of halogens is 1. The van der Waals surface area contributed by atoms with E-state index in [-0.39, 0.29) is 6.04 Å². The lowest BCUT2D eigenvalue weighted by atomic mass is 10.1. The van der Waals surface area contributed by atoms with E-state index in [4.69, 9.17) is 11.6 Å². The van der Waals surface area contributed by atoms with Crippen LogP contribution in [0.1, 0.15) is 38.7 Å². The van der Waals surface area contributed by atoms with Gasteiger partial charge in [0, 0.05) is 14.6 Å². The lowest BCUT2D eigenvalue weighted by Gasteiger charge is -2.14. The van der Waals surface area contributed by atoms with Crippen LogP contribution in [0.2, 0.25) is 4.34 Å². The zero-order valence-corrected chi connectivity index (χ0v) is 13.5. The summed E-state index contributed by atoms with van der Waals surface area (Å²) in [4.78, 5) is 4.08. The second-order valence-corrected chi connectivity index (χ2v) is 7.46. The van der Waals surface area contributed by atoms with Gasteiger partial charge in [-0.2, -0.15) is 0 Å². The Balaban J connectivity index is 2.39. The molecule has 2 aromatic heterocycles. The Morgan fingerprint density at radius 3 is 2.17 bits per heavy atom. The van der Waals surface area contributed by atoms with Gasteiger partial charge in [0.1, 0.15) is 0 Å². The number of rotatable bonds is 4. The highest BCUT2D eigenvalue weighted by atomic mass is 35.5. The molecule has 0 amide bonds. The summed E-state index contributed by atoms with van der Waals surface area (Å²) in [6, 6.07) is 4.77. The van der Waals surface area contributed by atoms with Crippen LogP contribution in [0.5, 0.6) is 0 Å². The monoisotopic (exact) mass is 299 g/mol. The third-order valence-corrected chi connectivity index (χ3v) is 5.88. The summed E-state index contributed by atoms with van der Waals surface area (Å²) in [5.41, 5.74) is 2.54. The minimum atomic E-state index is 0.281. The van der Waals surface area contributed by atoms with Crippen molar-refractivity contribution < 1.29 is 0 Å². The third kappa shape index (κ3) is 2.80. The third-order valence-electron chi connectivity index (χ3n) is 3.04. The Labute approximate surface area is 122 Å². The van der Waals surface area contributed by atoms with Gasteiger partial charge < -0.3 is 5.32 Å². The summed E-state index contributed by atoms with van der Waals surface area (Å²) in [5, 5.41) is 3.56. The van der Waals surface area contributed by atoms with Gasteiger partial charge in [0.15, 0.2) is 0 Å². The fraction of sp³-hybridized carbons (Fsp3) is 0.429. The van der Waals surface area contributed by atoms with Crippen molar-refractivity contribution in [1.29, 1.82) is 0 Å². The van der Waals surface area contributed by atoms with Gasteiger partial charge in [-0.05, 0) is 50.6 Å². The molecule has 2 aromatic rings. The molecular formula is C14H18ClNS2. The van der Waals surface area contributed by atoms with Crippen LogP contribution in [0.4, 0.5) is 0 Å². The van der Waals surface area contributed by atoms with Crippen molar-refractivity contribution in [2.45, 2.75) is 33.7 Å². The molecule has 1 nitrogen and oxygen atoms in total. The quantitative estimate of drug-likeness (QED) is 0.829. The van der Waals surface area contributed by atoms with Crippen molar-refractivity contribution >= 4 is 34.3 Å². The summed E-state index contributed by atoms with van der Waals surface area (Å²) in [5.74, 6) is 0. The first-order valence-corrected chi connectivity index (χ1v) is 8.10. The van der Waals surface area contributed by atoms with Gasteiger partial charge in [-0.1, -0.05) is 18.5 Å². The van der Waals surface area contributed by atoms with Crippen molar-refractivity contribution in [3.05, 3.63) is 42.2 Å². The Morgan fingerprint density at radius 1 is 1.11 bits per heavy atom. The van der Waals surface area contributed by atoms with E-state index in [1.54, 1.807) is 11.3 Å². The van der Waals surface area contributed by atoms with Gasteiger partial charge in [-0.25, -0.2) is 0 Å². The fourth-order valence-corrected chi connectivity index (χ4v) is 4.44. The molecule has 4 heteroatoms. The maximum Gasteiger partial charge on any atom is 0.0961 e. The first-order chi connectivity index (χ1) is 8.52. The molecule has 1 N–H and O–H groups in total. The molecule has 98 valence electrons. The number of hydrogen-bond acceptors (Lipinski definition) is 3. The lowest BCUT2D eigenvalue weighted by Crippen LogP contribution is -2.20. The zero-order valence-electron chi connectivity index (χ0n) is 11.1. The zero-order chi connectivity index (χ0) is 13.3. The van der Waals surface area contributed by atoms with Gasteiger partial charge in [-0.15, -0.1) is 22.7 Å². The van der Waals surface area contributed by atoms with Crippen molar-refractivity contribution in [1.82, 2.24) is 5.32 Å². The highest BCUT2D eigenvalue weighted by Crippen LogP contribution is 2.37. The molecular weight excluding hydrogens is 282 g/mol. The molecule has 0 aliphatic carbocycles. The number of thiophene rings is 2. The van der Waals surface area contributed by atoms with Crippen LogP contribution in [0.3, 0.4) is 0 Å². The maximum atomic E-state index is 6.19. The average molecular weight is 300 g/mol. The largest absolute Gasteiger partial charge is 0.305 e. The van der Waals surface area contributed by atoms with Crippen molar-refractivity contribution in [2.75, 3.05) is 6.54 Å². The van der Waals surface area contributed by atoms with Crippen LogP contribution >= 0.6 is 34.3 Å². The molecule has 2 rings (SSSR count). The van der Waals surface area contributed by atoms with Crippen molar-refractivity contribution in [3.63, 3.8) is 0 Å². The minimum absolute atomic E-state index is 0.281. The molecule has 18 heavy (non-hydrogen) atoms. The molecule has 0 spiro atoms. The molecule has 1 atom stereocenters. The Bertz CT molecular complexity index is 457. The number of hydrogen-bond donors (Lipinski definition) is 1. The summed E-state index contributed by atoms with van der Waals surface area (Å²) in [6.45, 7) is 9.51. The average Bonchev–Trinajstić information content (AvgIpc) is 2.81. The number of aryl methyl sites for hydroxylation is 3. The Morgan fingerprint density at radius 2 is 1.72 bits per heavy atom. The molecule has 0 radical (unpaired) electrons. The fourth-order valence-electron chi connectivity index (χ4n) is 1.92. The molecule has 0 aliphatic rings. The van der Waals surface area contributed by atoms with E-state index in [0.717, 1.165) is 10.9 Å². The second kappa shape index (κ2) is 5.74. The van der Waals surface area contributed by atoms with E-state index in [1.165, 1.54) is 25.8 Å². The van der Waals surface area contributed by atoms with Crippen LogP contribution in [0.15, 0.2) is 12.1 Å². The van der Waals surface area contributed by atoms with Crippen LogP contribution in [-0.4, -0.2) is 6.54 Å². The predicted octanol–water partition coefficient (Wildman–Crippen LogP) is 5.09. The van der Waals surface area contributed by atoms with E-state index in [9.17, 15) is 0 Å². The first-order valence-electron chi connectivity index (χ1n) is 6.09. The maximum absolute atomic E-state index is 6.19. The normalized spacial score (nSPS) is 12.9. The van der Waals surface area contributed by atoms with Crippen LogP contribution in [0.25, 0.3) is 0 Å². The van der Waals surface area contributed by atoms with Crippen LogP contribution < -0.4 is 5.32 Å². The van der Waals surface area contributed by atoms with E-state index in [2.05, 4.69) is 45.1 Å². The predicted molar refractivity (Wildman–Crippen MR) is 83.4 cm³/mol. The lowest BCUT2D eigenvalue weighted by molar-refractivity contribution is 0.648. The minimum Gasteiger partial charge on any atom is -0.305 e. The molecule has 0 saturated heterocycles. The van der Waals surface area contributed by atoms with Crippen LogP contribution in [-0.2, 0) is 0 Å². The van der Waals surface area contributed by atoms with Crippen LogP contribution in [0, 0.1) is 20.8 Å². The van der Waals surface area contributed by atoms with E-state index >= 15 is 0 Å². The molecule has 0 fully saturated rings. The van der Waals surface area contributed by atoms with Crippen molar-refractivity contribution in [3.8, 4) is 0 Å². The molecule has 0 bridgehead atoms. The SMILES string of the molecule is CCNC(c1cc(C)c(C)s1)c1cc(C)c(Cl)s1.